The number of imidazole rings is 1. The molecule has 3 N–H and O–H groups in total. The molecule has 0 saturated heterocycles. The number of benzene rings is 2. The monoisotopic (exact) mass is 527 g/mol. The van der Waals surface area contributed by atoms with Gasteiger partial charge in [-0.15, -0.1) is 0 Å². The quantitative estimate of drug-likeness (QED) is 0.371. The van der Waals surface area contributed by atoms with Crippen molar-refractivity contribution in [3.63, 3.8) is 0 Å². The number of carbonyl (C=O) groups excluding carboxylic acids is 2. The molecule has 143 valence electrons. The molecule has 0 aliphatic heterocycles. The van der Waals surface area contributed by atoms with E-state index >= 15 is 0 Å². The molecule has 0 atom stereocenters. The van der Waals surface area contributed by atoms with Gasteiger partial charge in [-0.3, -0.25) is 0 Å². The molecule has 12 heteroatoms. The zero-order valence-corrected chi connectivity index (χ0v) is 18.7. The molecule has 0 fully saturated rings. The fourth-order valence-corrected chi connectivity index (χ4v) is 4.39. The van der Waals surface area contributed by atoms with Gasteiger partial charge in [0.25, 0.3) is 0 Å². The average Bonchev–Trinajstić information content (AvgIpc) is 2.94. The third-order valence-corrected chi connectivity index (χ3v) is 6.14. The fraction of sp³-hybridized carbons (Fsp3) is 0.0625. The summed E-state index contributed by atoms with van der Waals surface area (Å²) in [6.45, 7) is 0. The van der Waals surface area contributed by atoms with E-state index in [9.17, 15) is 18.0 Å². The predicted molar refractivity (Wildman–Crippen MR) is 103 cm³/mol. The Bertz CT molecular complexity index is 1230. The topological polar surface area (TPSA) is 133 Å². The van der Waals surface area contributed by atoms with Gasteiger partial charge in [-0.2, -0.15) is 0 Å². The summed E-state index contributed by atoms with van der Waals surface area (Å²) in [6, 6.07) is 8.49. The number of nitrogens with one attached hydrogen (secondary N) is 1. The summed E-state index contributed by atoms with van der Waals surface area (Å²) in [4.78, 5) is 28.3. The van der Waals surface area contributed by atoms with E-state index in [2.05, 4.69) is 15.1 Å². The van der Waals surface area contributed by atoms with Gasteiger partial charge in [0.1, 0.15) is 0 Å². The maximum atomic E-state index is 12.6. The molecule has 0 aliphatic rings. The van der Waals surface area contributed by atoms with Crippen molar-refractivity contribution in [2.45, 2.75) is 4.90 Å². The second-order valence-electron chi connectivity index (χ2n) is 5.60. The van der Waals surface area contributed by atoms with E-state index in [0.717, 1.165) is 28.6 Å². The van der Waals surface area contributed by atoms with E-state index in [1.807, 2.05) is 0 Å². The van der Waals surface area contributed by atoms with E-state index in [4.69, 9.17) is 16.7 Å². The van der Waals surface area contributed by atoms with Gasteiger partial charge in [0.2, 0.25) is 0 Å². The Labute approximate surface area is 177 Å². The van der Waals surface area contributed by atoms with Crippen LogP contribution in [0.1, 0.15) is 20.7 Å². The first-order valence-corrected chi connectivity index (χ1v) is 10.9. The van der Waals surface area contributed by atoms with Gasteiger partial charge < -0.3 is 0 Å². The number of amides is 1. The van der Waals surface area contributed by atoms with Crippen LogP contribution in [0.15, 0.2) is 41.3 Å². The molecule has 0 aliphatic carbocycles. The number of aromatic nitrogens is 2. The number of carbonyl (C=O) groups is 2. The summed E-state index contributed by atoms with van der Waals surface area (Å²) in [5.74, 6) is -1.08. The molecule has 28 heavy (non-hydrogen) atoms. The number of sulfonamides is 1. The van der Waals surface area contributed by atoms with Crippen LogP contribution in [0.2, 0.25) is 5.02 Å². The molecular formula is C16H12ClN4O5SSn. The van der Waals surface area contributed by atoms with Gasteiger partial charge in [0, 0.05) is 0 Å². The zero-order chi connectivity index (χ0) is 20.6. The molecular weight excluding hydrogens is 514 g/mol. The number of halogens is 1. The van der Waals surface area contributed by atoms with Gasteiger partial charge in [0.15, 0.2) is 0 Å². The van der Waals surface area contributed by atoms with Crippen LogP contribution in [0.3, 0.4) is 0 Å². The number of hydrogen-bond donors (Lipinski definition) is 2. The van der Waals surface area contributed by atoms with Crippen LogP contribution in [-0.2, 0) is 14.8 Å². The van der Waals surface area contributed by atoms with Gasteiger partial charge in [-0.1, -0.05) is 0 Å². The van der Waals surface area contributed by atoms with Crippen molar-refractivity contribution in [3.8, 4) is 0 Å². The van der Waals surface area contributed by atoms with Gasteiger partial charge in [0.05, 0.1) is 0 Å². The molecule has 0 saturated carbocycles. The molecule has 0 bridgehead atoms. The summed E-state index contributed by atoms with van der Waals surface area (Å²) in [5.41, 5.74) is 4.10. The first-order chi connectivity index (χ1) is 13.1. The van der Waals surface area contributed by atoms with Gasteiger partial charge in [-0.05, 0) is 0 Å². The Hall–Kier alpha value is -2.15. The number of nitrogens with zero attached hydrogens (tertiary/aromatic N) is 2. The van der Waals surface area contributed by atoms with Crippen molar-refractivity contribution in [1.82, 2.24) is 9.66 Å². The summed E-state index contributed by atoms with van der Waals surface area (Å²) in [7, 11) is -2.80. The molecule has 1 aromatic heterocycles. The van der Waals surface area contributed by atoms with Crippen molar-refractivity contribution >= 4 is 70.9 Å². The summed E-state index contributed by atoms with van der Waals surface area (Å²) in [5, 5.41) is 5.04. The summed E-state index contributed by atoms with van der Waals surface area (Å²) < 4.78 is 29.9. The van der Waals surface area contributed by atoms with Crippen molar-refractivity contribution in [2.75, 3.05) is 12.5 Å². The molecule has 1 heterocycles. The van der Waals surface area contributed by atoms with E-state index in [1.165, 1.54) is 23.9 Å². The van der Waals surface area contributed by atoms with E-state index < -0.39 is 21.9 Å². The number of rotatable bonds is 4. The number of nitrogens with two attached hydrogens (primary N) is 1. The molecule has 0 spiro atoms. The predicted octanol–water partition coefficient (Wildman–Crippen LogP) is 0.301. The first kappa shape index (κ1) is 20.6. The van der Waals surface area contributed by atoms with Crippen LogP contribution in [-0.4, -0.2) is 59.6 Å². The molecule has 3 aromatic rings. The zero-order valence-electron chi connectivity index (χ0n) is 14.3. The third kappa shape index (κ3) is 3.99. The molecule has 9 nitrogen and oxygen atoms in total. The minimum atomic E-state index is -4.08. The van der Waals surface area contributed by atoms with Gasteiger partial charge in [-0.25, -0.2) is 0 Å². The van der Waals surface area contributed by atoms with Crippen LogP contribution in [0.5, 0.6) is 0 Å². The van der Waals surface area contributed by atoms with Crippen LogP contribution < -0.4 is 14.4 Å². The number of ether oxygens (including phenoxy) is 1. The van der Waals surface area contributed by atoms with Crippen LogP contribution >= 0.6 is 11.6 Å². The summed E-state index contributed by atoms with van der Waals surface area (Å²) in [6.07, 6.45) is 0. The number of primary sulfonamides is 1. The maximum absolute atomic E-state index is 12.6. The normalized spacial score (nSPS) is 11.4. The first-order valence-electron chi connectivity index (χ1n) is 7.58. The van der Waals surface area contributed by atoms with Crippen molar-refractivity contribution in [3.05, 3.63) is 52.5 Å². The number of fused-ring (bicyclic) bond motifs is 1. The Morgan fingerprint density at radius 2 is 1.89 bits per heavy atom. The summed E-state index contributed by atoms with van der Waals surface area (Å²) >= 11 is 6.75. The average molecular weight is 527 g/mol. The number of hydrogen-bond acceptors (Lipinski definition) is 6. The van der Waals surface area contributed by atoms with Crippen LogP contribution in [0, 0.1) is 0 Å². The standard InChI is InChI=1S/C16H12ClN4O5S.Sn/c1-26-16(23)10-3-5-13-12(6-10)19-8-21(13)20-15(22)9-2-4-11(17)14(7-9)27(18,24)25;/h2-7H,1H3,(H,20,22)(H2,18,24,25);. The second kappa shape index (κ2) is 7.70. The Balaban J connectivity index is 1.98. The van der Waals surface area contributed by atoms with Crippen molar-refractivity contribution in [2.24, 2.45) is 5.14 Å². The molecule has 2 aromatic carbocycles. The van der Waals surface area contributed by atoms with Gasteiger partial charge >= 0.3 is 178 Å². The Morgan fingerprint density at radius 3 is 2.54 bits per heavy atom. The molecule has 0 unspecified atom stereocenters. The van der Waals surface area contributed by atoms with Crippen LogP contribution in [0.25, 0.3) is 11.0 Å². The number of esters is 1. The molecule has 3 rings (SSSR count). The van der Waals surface area contributed by atoms with E-state index in [0.29, 0.717) is 20.4 Å². The van der Waals surface area contributed by atoms with Crippen molar-refractivity contribution < 1.29 is 22.7 Å². The van der Waals surface area contributed by atoms with Crippen LogP contribution in [0.4, 0.5) is 0 Å². The Kier molecular flexibility index (Phi) is 5.66. The SMILES string of the molecule is COC(=O)c1ccc2c(c1)n[c]([Sn])n2NC(=O)c1ccc(Cl)c(S(N)(=O)=O)c1. The molecule has 1 amide bonds. The fourth-order valence-electron chi connectivity index (χ4n) is 2.47. The van der Waals surface area contributed by atoms with E-state index in [1.54, 1.807) is 18.2 Å². The van der Waals surface area contributed by atoms with Crippen molar-refractivity contribution in [1.29, 1.82) is 0 Å². The third-order valence-electron chi connectivity index (χ3n) is 3.79. The number of methoxy groups -OCH3 is 1. The minimum absolute atomic E-state index is 0.0525. The molecule has 3 radical (unpaired) electrons. The second-order valence-corrected chi connectivity index (χ2v) is 8.81. The Morgan fingerprint density at radius 1 is 1.21 bits per heavy atom. The van der Waals surface area contributed by atoms with E-state index in [-0.39, 0.29) is 15.5 Å².